The number of aromatic nitrogens is 5. The molecule has 1 aliphatic heterocycles. The zero-order valence-electron chi connectivity index (χ0n) is 20.2. The van der Waals surface area contributed by atoms with Gasteiger partial charge in [0.1, 0.15) is 5.82 Å². The number of ketones is 1. The van der Waals surface area contributed by atoms with Crippen molar-refractivity contribution in [1.82, 2.24) is 25.1 Å². The minimum absolute atomic E-state index is 0.0258. The Bertz CT molecular complexity index is 1580. The molecule has 0 amide bonds. The molecule has 8 nitrogen and oxygen atoms in total. The highest BCUT2D eigenvalue weighted by atomic mass is 16.5. The molecule has 1 aliphatic rings. The molecule has 37 heavy (non-hydrogen) atoms. The van der Waals surface area contributed by atoms with Gasteiger partial charge in [-0.2, -0.15) is 5.10 Å². The molecule has 0 fully saturated rings. The number of anilines is 2. The van der Waals surface area contributed by atoms with Gasteiger partial charge in [0.05, 0.1) is 25.1 Å². The molecular formula is C29H24N6O2. The lowest BCUT2D eigenvalue weighted by Gasteiger charge is -2.12. The molecule has 0 atom stereocenters. The molecule has 0 aliphatic carbocycles. The maximum atomic E-state index is 12.8. The summed E-state index contributed by atoms with van der Waals surface area (Å²) in [5, 5.41) is 10.3. The minimum Gasteiger partial charge on any atom is -0.370 e. The average Bonchev–Trinajstić information content (AvgIpc) is 3.62. The monoisotopic (exact) mass is 488 g/mol. The van der Waals surface area contributed by atoms with Gasteiger partial charge in [0.25, 0.3) is 0 Å². The fourth-order valence-electron chi connectivity index (χ4n) is 4.39. The number of hydrogen-bond acceptors (Lipinski definition) is 7. The van der Waals surface area contributed by atoms with Gasteiger partial charge in [-0.1, -0.05) is 30.3 Å². The van der Waals surface area contributed by atoms with Crippen molar-refractivity contribution in [3.63, 3.8) is 0 Å². The number of hydrogen-bond donors (Lipinski definition) is 2. The van der Waals surface area contributed by atoms with Crippen molar-refractivity contribution in [1.29, 1.82) is 0 Å². The van der Waals surface area contributed by atoms with Gasteiger partial charge >= 0.3 is 0 Å². The SMILES string of the molecule is Cc1cncc(C(=O)Cc2cccc(-c3nc4c(c(Nc5ccc(-c6cn[nH]c6)cc5)n3)COC4)c2)c1. The first-order valence-electron chi connectivity index (χ1n) is 12.0. The van der Waals surface area contributed by atoms with Crippen LogP contribution in [0.15, 0.2) is 79.4 Å². The second-order valence-corrected chi connectivity index (χ2v) is 9.05. The molecular weight excluding hydrogens is 464 g/mol. The molecule has 4 heterocycles. The number of aryl methyl sites for hydroxylation is 1. The van der Waals surface area contributed by atoms with E-state index in [0.29, 0.717) is 24.6 Å². The second-order valence-electron chi connectivity index (χ2n) is 9.05. The number of Topliss-reactive ketones (excluding diaryl/α,β-unsaturated/α-hetero) is 1. The highest BCUT2D eigenvalue weighted by Crippen LogP contribution is 2.31. The topological polar surface area (TPSA) is 106 Å². The van der Waals surface area contributed by atoms with E-state index in [1.165, 1.54) is 0 Å². The Morgan fingerprint density at radius 2 is 1.86 bits per heavy atom. The fraction of sp³-hybridized carbons (Fsp3) is 0.138. The normalized spacial score (nSPS) is 12.4. The molecule has 0 spiro atoms. The molecule has 8 heteroatoms. The number of fused-ring (bicyclic) bond motifs is 1. The molecule has 2 N–H and O–H groups in total. The van der Waals surface area contributed by atoms with Crippen LogP contribution in [0.1, 0.15) is 32.7 Å². The van der Waals surface area contributed by atoms with E-state index in [9.17, 15) is 4.79 Å². The van der Waals surface area contributed by atoms with E-state index in [-0.39, 0.29) is 12.2 Å². The summed E-state index contributed by atoms with van der Waals surface area (Å²) >= 11 is 0. The van der Waals surface area contributed by atoms with Crippen LogP contribution in [0.2, 0.25) is 0 Å². The van der Waals surface area contributed by atoms with Crippen molar-refractivity contribution < 1.29 is 9.53 Å². The quantitative estimate of drug-likeness (QED) is 0.294. The van der Waals surface area contributed by atoms with Gasteiger partial charge in [-0.15, -0.1) is 0 Å². The number of ether oxygens (including phenoxy) is 1. The van der Waals surface area contributed by atoms with Crippen molar-refractivity contribution >= 4 is 17.3 Å². The zero-order valence-corrected chi connectivity index (χ0v) is 20.2. The Balaban J connectivity index is 1.27. The molecule has 0 unspecified atom stereocenters. The Labute approximate surface area is 213 Å². The van der Waals surface area contributed by atoms with Crippen molar-refractivity contribution in [2.24, 2.45) is 0 Å². The summed E-state index contributed by atoms with van der Waals surface area (Å²) in [6, 6.07) is 17.8. The lowest BCUT2D eigenvalue weighted by atomic mass is 10.0. The third kappa shape index (κ3) is 4.87. The highest BCUT2D eigenvalue weighted by Gasteiger charge is 2.21. The fourth-order valence-corrected chi connectivity index (χ4v) is 4.39. The van der Waals surface area contributed by atoms with Crippen LogP contribution >= 0.6 is 0 Å². The van der Waals surface area contributed by atoms with Crippen LogP contribution in [0, 0.1) is 6.92 Å². The van der Waals surface area contributed by atoms with Crippen molar-refractivity contribution in [3.8, 4) is 22.5 Å². The average molecular weight is 489 g/mol. The van der Waals surface area contributed by atoms with E-state index < -0.39 is 0 Å². The largest absolute Gasteiger partial charge is 0.370 e. The molecule has 6 rings (SSSR count). The van der Waals surface area contributed by atoms with Crippen molar-refractivity contribution in [3.05, 3.63) is 107 Å². The summed E-state index contributed by atoms with van der Waals surface area (Å²) in [5.74, 6) is 1.34. The Kier molecular flexibility index (Phi) is 6.00. The lowest BCUT2D eigenvalue weighted by molar-refractivity contribution is 0.0992. The summed E-state index contributed by atoms with van der Waals surface area (Å²) in [6.45, 7) is 2.83. The smallest absolute Gasteiger partial charge is 0.168 e. The lowest BCUT2D eigenvalue weighted by Crippen LogP contribution is -2.06. The maximum Gasteiger partial charge on any atom is 0.168 e. The molecule has 0 saturated carbocycles. The van der Waals surface area contributed by atoms with Crippen LogP contribution in [-0.4, -0.2) is 30.9 Å². The van der Waals surface area contributed by atoms with Gasteiger partial charge in [0.15, 0.2) is 11.6 Å². The molecule has 0 saturated heterocycles. The van der Waals surface area contributed by atoms with Crippen LogP contribution in [0.5, 0.6) is 0 Å². The van der Waals surface area contributed by atoms with Gasteiger partial charge in [0, 0.05) is 53.0 Å². The first kappa shape index (κ1) is 22.8. The Hall–Kier alpha value is -4.69. The predicted octanol–water partition coefficient (Wildman–Crippen LogP) is 5.44. The predicted molar refractivity (Wildman–Crippen MR) is 140 cm³/mol. The summed E-state index contributed by atoms with van der Waals surface area (Å²) in [7, 11) is 0. The van der Waals surface area contributed by atoms with Crippen molar-refractivity contribution in [2.45, 2.75) is 26.6 Å². The highest BCUT2D eigenvalue weighted by molar-refractivity contribution is 5.97. The molecule has 0 bridgehead atoms. The van der Waals surface area contributed by atoms with E-state index in [1.54, 1.807) is 18.6 Å². The number of carbonyl (C=O) groups is 1. The number of nitrogens with one attached hydrogen (secondary N) is 2. The molecule has 5 aromatic rings. The molecule has 0 radical (unpaired) electrons. The third-order valence-corrected chi connectivity index (χ3v) is 6.30. The number of rotatable bonds is 7. The van der Waals surface area contributed by atoms with E-state index in [0.717, 1.165) is 50.6 Å². The maximum absolute atomic E-state index is 12.8. The van der Waals surface area contributed by atoms with Crippen LogP contribution in [0.4, 0.5) is 11.5 Å². The Morgan fingerprint density at radius 1 is 0.973 bits per heavy atom. The first-order valence-corrected chi connectivity index (χ1v) is 12.0. The number of H-pyrrole nitrogens is 1. The van der Waals surface area contributed by atoms with Crippen LogP contribution in [-0.2, 0) is 24.4 Å². The number of pyridine rings is 1. The van der Waals surface area contributed by atoms with Gasteiger partial charge < -0.3 is 10.1 Å². The van der Waals surface area contributed by atoms with Crippen LogP contribution in [0.3, 0.4) is 0 Å². The van der Waals surface area contributed by atoms with Gasteiger partial charge in [-0.05, 0) is 47.9 Å². The van der Waals surface area contributed by atoms with Gasteiger partial charge in [0.2, 0.25) is 0 Å². The first-order chi connectivity index (χ1) is 18.1. The minimum atomic E-state index is 0.0258. The Morgan fingerprint density at radius 3 is 2.68 bits per heavy atom. The zero-order chi connectivity index (χ0) is 25.2. The number of nitrogens with zero attached hydrogens (tertiary/aromatic N) is 4. The number of benzene rings is 2. The van der Waals surface area contributed by atoms with Gasteiger partial charge in [-0.3, -0.25) is 14.9 Å². The van der Waals surface area contributed by atoms with E-state index >= 15 is 0 Å². The van der Waals surface area contributed by atoms with E-state index in [2.05, 4.69) is 20.5 Å². The van der Waals surface area contributed by atoms with Crippen molar-refractivity contribution in [2.75, 3.05) is 5.32 Å². The summed E-state index contributed by atoms with van der Waals surface area (Å²) < 4.78 is 5.68. The number of carbonyl (C=O) groups excluding carboxylic acids is 1. The molecule has 182 valence electrons. The molecule has 2 aromatic carbocycles. The van der Waals surface area contributed by atoms with Crippen LogP contribution < -0.4 is 5.32 Å². The summed E-state index contributed by atoms with van der Waals surface area (Å²) in [6.07, 6.45) is 7.29. The van der Waals surface area contributed by atoms with E-state index in [1.807, 2.05) is 67.7 Å². The molecule has 3 aromatic heterocycles. The summed E-state index contributed by atoms with van der Waals surface area (Å²) in [4.78, 5) is 26.6. The van der Waals surface area contributed by atoms with Gasteiger partial charge in [-0.25, -0.2) is 9.97 Å². The summed E-state index contributed by atoms with van der Waals surface area (Å²) in [5.41, 5.74) is 8.17. The van der Waals surface area contributed by atoms with Crippen LogP contribution in [0.25, 0.3) is 22.5 Å². The van der Waals surface area contributed by atoms with E-state index in [4.69, 9.17) is 14.7 Å². The third-order valence-electron chi connectivity index (χ3n) is 6.30. The second kappa shape index (κ2) is 9.75. The standard InChI is InChI=1S/C29H24N6O2/c1-18-9-22(13-30-12-18)27(36)11-19-3-2-4-21(10-19)28-34-26-17-37-16-25(26)29(35-28)33-24-7-5-20(6-8-24)23-14-31-32-15-23/h2-10,12-15H,11,16-17H2,1H3,(H,31,32)(H,33,34,35). The number of aromatic amines is 1.